The molecule has 23 heavy (non-hydrogen) atoms. The fraction of sp³-hybridized carbons (Fsp3) is 0.692. The molecular weight excluding hydrogens is 324 g/mol. The maximum atomic E-state index is 12.2. The van der Waals surface area contributed by atoms with Gasteiger partial charge < -0.3 is 19.3 Å². The van der Waals surface area contributed by atoms with E-state index in [9.17, 15) is 18.3 Å². The summed E-state index contributed by atoms with van der Waals surface area (Å²) in [5.41, 5.74) is -0.659. The second kappa shape index (κ2) is 6.10. The van der Waals surface area contributed by atoms with Crippen molar-refractivity contribution in [1.29, 1.82) is 0 Å². The highest BCUT2D eigenvalue weighted by Crippen LogP contribution is 2.17. The fourth-order valence-corrected chi connectivity index (χ4v) is 3.41. The zero-order valence-corrected chi connectivity index (χ0v) is 14.4. The first-order valence-electron chi connectivity index (χ1n) is 7.14. The van der Waals surface area contributed by atoms with E-state index in [-0.39, 0.29) is 18.1 Å². The van der Waals surface area contributed by atoms with Gasteiger partial charge in [0.1, 0.15) is 5.60 Å². The second-order valence-corrected chi connectivity index (χ2v) is 8.22. The summed E-state index contributed by atoms with van der Waals surface area (Å²) in [6.45, 7) is 5.24. The van der Waals surface area contributed by atoms with E-state index in [1.807, 2.05) is 0 Å². The average Bonchev–Trinajstić information content (AvgIpc) is 2.95. The van der Waals surface area contributed by atoms with E-state index in [2.05, 4.69) is 9.71 Å². The second-order valence-electron chi connectivity index (χ2n) is 6.56. The van der Waals surface area contributed by atoms with Crippen molar-refractivity contribution in [3.05, 3.63) is 12.5 Å². The van der Waals surface area contributed by atoms with Gasteiger partial charge >= 0.3 is 6.09 Å². The van der Waals surface area contributed by atoms with Crippen molar-refractivity contribution in [1.82, 2.24) is 19.2 Å². The maximum absolute atomic E-state index is 12.2. The molecule has 1 aromatic heterocycles. The lowest BCUT2D eigenvalue weighted by Gasteiger charge is -2.24. The molecule has 1 saturated heterocycles. The predicted octanol–water partition coefficient (Wildman–Crippen LogP) is -0.321. The van der Waals surface area contributed by atoms with Crippen LogP contribution in [0.1, 0.15) is 20.8 Å². The zero-order valence-electron chi connectivity index (χ0n) is 13.6. The van der Waals surface area contributed by atoms with Gasteiger partial charge in [0.2, 0.25) is 0 Å². The van der Waals surface area contributed by atoms with Crippen LogP contribution in [0.25, 0.3) is 0 Å². The molecule has 0 bridgehead atoms. The minimum Gasteiger partial charge on any atom is -0.444 e. The molecule has 2 N–H and O–H groups in total. The zero-order chi connectivity index (χ0) is 17.4. The summed E-state index contributed by atoms with van der Waals surface area (Å²) in [4.78, 5) is 17.1. The highest BCUT2D eigenvalue weighted by molar-refractivity contribution is 7.89. The topological polar surface area (TPSA) is 114 Å². The first kappa shape index (κ1) is 17.7. The Morgan fingerprint density at radius 2 is 2.09 bits per heavy atom. The van der Waals surface area contributed by atoms with Crippen molar-refractivity contribution in [3.8, 4) is 0 Å². The van der Waals surface area contributed by atoms with Gasteiger partial charge in [0.25, 0.3) is 10.0 Å². The molecule has 9 nitrogen and oxygen atoms in total. The summed E-state index contributed by atoms with van der Waals surface area (Å²) in [5, 5.41) is 9.88. The van der Waals surface area contributed by atoms with Gasteiger partial charge in [-0.1, -0.05) is 0 Å². The standard InChI is InChI=1S/C13H22N4O5S/c1-13(2,3)22-12(19)17-5-9(10(18)6-17)15-23(20,21)11-7-16(4)8-14-11/h7-10,15,18H,5-6H2,1-4H3. The smallest absolute Gasteiger partial charge is 0.410 e. The Kier molecular flexibility index (Phi) is 4.69. The summed E-state index contributed by atoms with van der Waals surface area (Å²) in [7, 11) is -2.21. The van der Waals surface area contributed by atoms with Crippen molar-refractivity contribution >= 4 is 16.1 Å². The first-order chi connectivity index (χ1) is 10.5. The van der Waals surface area contributed by atoms with E-state index >= 15 is 0 Å². The summed E-state index contributed by atoms with van der Waals surface area (Å²) in [6.07, 6.45) is 1.12. The molecule has 0 radical (unpaired) electrons. The highest BCUT2D eigenvalue weighted by atomic mass is 32.2. The quantitative estimate of drug-likeness (QED) is 0.775. The van der Waals surface area contributed by atoms with Crippen LogP contribution in [-0.4, -0.2) is 64.9 Å². The number of aromatic nitrogens is 2. The molecule has 0 aliphatic carbocycles. The Morgan fingerprint density at radius 3 is 2.61 bits per heavy atom. The van der Waals surface area contributed by atoms with Gasteiger partial charge in [-0.05, 0) is 20.8 Å². The summed E-state index contributed by atoms with van der Waals surface area (Å²) in [5.74, 6) is 0. The van der Waals surface area contributed by atoms with Gasteiger partial charge in [-0.3, -0.25) is 0 Å². The minimum atomic E-state index is -3.86. The van der Waals surface area contributed by atoms with Gasteiger partial charge in [-0.2, -0.15) is 0 Å². The normalized spacial score (nSPS) is 22.4. The minimum absolute atomic E-state index is 0.00428. The number of nitrogens with zero attached hydrogens (tertiary/aromatic N) is 3. The van der Waals surface area contributed by atoms with E-state index in [0.717, 1.165) is 0 Å². The molecule has 1 amide bonds. The molecule has 2 unspecified atom stereocenters. The summed E-state index contributed by atoms with van der Waals surface area (Å²) < 4.78 is 33.5. The van der Waals surface area contributed by atoms with Crippen LogP contribution in [-0.2, 0) is 21.8 Å². The number of likely N-dealkylation sites (tertiary alicyclic amines) is 1. The monoisotopic (exact) mass is 346 g/mol. The van der Waals surface area contributed by atoms with Crippen molar-refractivity contribution in [3.63, 3.8) is 0 Å². The molecule has 2 rings (SSSR count). The lowest BCUT2D eigenvalue weighted by molar-refractivity contribution is 0.0270. The number of β-amino-alcohol motifs (C(OH)–C–C–N with tert-alkyl or cyclic N) is 1. The molecule has 2 atom stereocenters. The van der Waals surface area contributed by atoms with E-state index in [4.69, 9.17) is 4.74 Å². The molecule has 0 spiro atoms. The van der Waals surface area contributed by atoms with Crippen LogP contribution >= 0.6 is 0 Å². The molecule has 1 aliphatic heterocycles. The molecule has 2 heterocycles. The number of aliphatic hydroxyl groups is 1. The van der Waals surface area contributed by atoms with Crippen LogP contribution in [0.3, 0.4) is 0 Å². The van der Waals surface area contributed by atoms with Gasteiger partial charge in [-0.25, -0.2) is 22.9 Å². The Hall–Kier alpha value is -1.65. The Labute approximate surface area is 135 Å². The number of hydrogen-bond acceptors (Lipinski definition) is 6. The summed E-state index contributed by atoms with van der Waals surface area (Å²) >= 11 is 0. The third kappa shape index (κ3) is 4.43. The van der Waals surface area contributed by atoms with Gasteiger partial charge in [-0.15, -0.1) is 0 Å². The fourth-order valence-electron chi connectivity index (χ4n) is 2.17. The summed E-state index contributed by atoms with van der Waals surface area (Å²) in [6, 6.07) is -0.811. The number of aryl methyl sites for hydroxylation is 1. The lowest BCUT2D eigenvalue weighted by Crippen LogP contribution is -2.43. The van der Waals surface area contributed by atoms with Crippen LogP contribution in [0.5, 0.6) is 0 Å². The highest BCUT2D eigenvalue weighted by Gasteiger charge is 2.38. The Balaban J connectivity index is 2.03. The van der Waals surface area contributed by atoms with Crippen LogP contribution in [0, 0.1) is 0 Å². The van der Waals surface area contributed by atoms with Crippen LogP contribution in [0.2, 0.25) is 0 Å². The molecule has 130 valence electrons. The number of imidazole rings is 1. The number of carbonyl (C=O) groups is 1. The molecule has 10 heteroatoms. The van der Waals surface area contributed by atoms with Crippen molar-refractivity contribution in [2.45, 2.75) is 43.5 Å². The molecular formula is C13H22N4O5S. The van der Waals surface area contributed by atoms with E-state index in [1.54, 1.807) is 27.8 Å². The van der Waals surface area contributed by atoms with Crippen LogP contribution < -0.4 is 4.72 Å². The SMILES string of the molecule is Cn1cnc(S(=O)(=O)NC2CN(C(=O)OC(C)(C)C)CC2O)c1. The van der Waals surface area contributed by atoms with Gasteiger partial charge in [0.15, 0.2) is 5.03 Å². The number of nitrogens with one attached hydrogen (secondary N) is 1. The number of amides is 1. The molecule has 0 saturated carbocycles. The van der Waals surface area contributed by atoms with E-state index in [1.165, 1.54) is 22.0 Å². The van der Waals surface area contributed by atoms with E-state index < -0.39 is 33.9 Å². The first-order valence-corrected chi connectivity index (χ1v) is 8.62. The molecule has 1 aromatic rings. The lowest BCUT2D eigenvalue weighted by atomic mass is 10.2. The maximum Gasteiger partial charge on any atom is 0.410 e. The van der Waals surface area contributed by atoms with Crippen molar-refractivity contribution < 1.29 is 23.1 Å². The number of ether oxygens (including phenoxy) is 1. The average molecular weight is 346 g/mol. The molecule has 1 aliphatic rings. The van der Waals surface area contributed by atoms with Gasteiger partial charge in [0, 0.05) is 19.8 Å². The number of hydrogen-bond donors (Lipinski definition) is 2. The van der Waals surface area contributed by atoms with Crippen molar-refractivity contribution in [2.24, 2.45) is 7.05 Å². The third-order valence-corrected chi connectivity index (χ3v) is 4.58. The molecule has 0 aromatic carbocycles. The number of rotatable bonds is 3. The van der Waals surface area contributed by atoms with Crippen LogP contribution in [0.15, 0.2) is 17.6 Å². The Morgan fingerprint density at radius 1 is 1.43 bits per heavy atom. The number of sulfonamides is 1. The van der Waals surface area contributed by atoms with Crippen LogP contribution in [0.4, 0.5) is 4.79 Å². The predicted molar refractivity (Wildman–Crippen MR) is 81.1 cm³/mol. The number of carbonyl (C=O) groups excluding carboxylic acids is 1. The van der Waals surface area contributed by atoms with E-state index in [0.29, 0.717) is 0 Å². The largest absolute Gasteiger partial charge is 0.444 e. The third-order valence-electron chi connectivity index (χ3n) is 3.20. The number of aliphatic hydroxyl groups excluding tert-OH is 1. The van der Waals surface area contributed by atoms with Gasteiger partial charge in [0.05, 0.1) is 25.0 Å². The Bertz CT molecular complexity index is 679. The molecule has 1 fully saturated rings. The van der Waals surface area contributed by atoms with Crippen molar-refractivity contribution in [2.75, 3.05) is 13.1 Å².